The van der Waals surface area contributed by atoms with Crippen LogP contribution in [0.4, 0.5) is 0 Å². The summed E-state index contributed by atoms with van der Waals surface area (Å²) in [4.78, 5) is 0. The predicted octanol–water partition coefficient (Wildman–Crippen LogP) is 2.76. The number of benzene rings is 1. The van der Waals surface area contributed by atoms with Crippen molar-refractivity contribution in [2.45, 2.75) is 38.1 Å². The lowest BCUT2D eigenvalue weighted by Crippen LogP contribution is -2.34. The fourth-order valence-corrected chi connectivity index (χ4v) is 2.55. The monoisotopic (exact) mass is 219 g/mol. The molecule has 1 aliphatic carbocycles. The SMILES string of the molecule is COc1ccc(CC2CCCCC2N)cc1. The molecule has 88 valence electrons. The zero-order chi connectivity index (χ0) is 11.4. The average Bonchev–Trinajstić information content (AvgIpc) is 2.33. The second-order valence-corrected chi connectivity index (χ2v) is 4.76. The van der Waals surface area contributed by atoms with Crippen LogP contribution in [0.2, 0.25) is 0 Å². The molecule has 2 rings (SSSR count). The summed E-state index contributed by atoms with van der Waals surface area (Å²) in [6.07, 6.45) is 6.24. The van der Waals surface area contributed by atoms with Crippen LogP contribution in [0.25, 0.3) is 0 Å². The molecule has 0 radical (unpaired) electrons. The lowest BCUT2D eigenvalue weighted by Gasteiger charge is -2.28. The van der Waals surface area contributed by atoms with Gasteiger partial charge in [-0.1, -0.05) is 25.0 Å². The van der Waals surface area contributed by atoms with Crippen molar-refractivity contribution in [2.24, 2.45) is 11.7 Å². The summed E-state index contributed by atoms with van der Waals surface area (Å²) in [6.45, 7) is 0. The summed E-state index contributed by atoms with van der Waals surface area (Å²) in [7, 11) is 1.70. The van der Waals surface area contributed by atoms with E-state index in [1.54, 1.807) is 7.11 Å². The van der Waals surface area contributed by atoms with Gasteiger partial charge in [0.25, 0.3) is 0 Å². The van der Waals surface area contributed by atoms with Crippen molar-refractivity contribution in [3.05, 3.63) is 29.8 Å². The molecule has 0 aromatic heterocycles. The smallest absolute Gasteiger partial charge is 0.118 e. The van der Waals surface area contributed by atoms with Crippen LogP contribution in [0.5, 0.6) is 5.75 Å². The Hall–Kier alpha value is -1.02. The lowest BCUT2D eigenvalue weighted by molar-refractivity contribution is 0.306. The van der Waals surface area contributed by atoms with Crippen molar-refractivity contribution < 1.29 is 4.74 Å². The molecule has 2 unspecified atom stereocenters. The normalized spacial score (nSPS) is 25.4. The van der Waals surface area contributed by atoms with Crippen molar-refractivity contribution in [3.8, 4) is 5.75 Å². The van der Waals surface area contributed by atoms with Gasteiger partial charge in [0.1, 0.15) is 5.75 Å². The van der Waals surface area contributed by atoms with Gasteiger partial charge in [-0.25, -0.2) is 0 Å². The lowest BCUT2D eigenvalue weighted by atomic mass is 9.81. The van der Waals surface area contributed by atoms with Gasteiger partial charge in [-0.15, -0.1) is 0 Å². The third kappa shape index (κ3) is 2.76. The second kappa shape index (κ2) is 5.35. The van der Waals surface area contributed by atoms with Gasteiger partial charge in [-0.3, -0.25) is 0 Å². The molecule has 0 amide bonds. The van der Waals surface area contributed by atoms with Crippen molar-refractivity contribution in [1.82, 2.24) is 0 Å². The number of nitrogens with two attached hydrogens (primary N) is 1. The quantitative estimate of drug-likeness (QED) is 0.848. The molecule has 0 heterocycles. The van der Waals surface area contributed by atoms with E-state index in [4.69, 9.17) is 10.5 Å². The van der Waals surface area contributed by atoms with Gasteiger partial charge in [0.15, 0.2) is 0 Å². The Morgan fingerprint density at radius 2 is 1.88 bits per heavy atom. The Balaban J connectivity index is 1.96. The molecule has 2 heteroatoms. The Kier molecular flexibility index (Phi) is 3.83. The molecule has 0 saturated heterocycles. The third-order valence-electron chi connectivity index (χ3n) is 3.62. The first-order valence-electron chi connectivity index (χ1n) is 6.18. The molecule has 2 N–H and O–H groups in total. The summed E-state index contributed by atoms with van der Waals surface area (Å²) >= 11 is 0. The highest BCUT2D eigenvalue weighted by Gasteiger charge is 2.21. The van der Waals surface area contributed by atoms with Crippen LogP contribution in [-0.4, -0.2) is 13.2 Å². The van der Waals surface area contributed by atoms with Gasteiger partial charge >= 0.3 is 0 Å². The molecule has 2 atom stereocenters. The Morgan fingerprint density at radius 3 is 2.50 bits per heavy atom. The van der Waals surface area contributed by atoms with Crippen molar-refractivity contribution in [1.29, 1.82) is 0 Å². The predicted molar refractivity (Wildman–Crippen MR) is 66.6 cm³/mol. The standard InChI is InChI=1S/C14H21NO/c1-16-13-8-6-11(7-9-13)10-12-4-2-3-5-14(12)15/h6-9,12,14H,2-5,10,15H2,1H3. The molecule has 0 bridgehead atoms. The largest absolute Gasteiger partial charge is 0.497 e. The Labute approximate surface area is 97.8 Å². The highest BCUT2D eigenvalue weighted by atomic mass is 16.5. The van der Waals surface area contributed by atoms with E-state index in [1.165, 1.54) is 31.2 Å². The number of hydrogen-bond donors (Lipinski definition) is 1. The van der Waals surface area contributed by atoms with Gasteiger partial charge in [-0.05, 0) is 42.9 Å². The minimum absolute atomic E-state index is 0.399. The Morgan fingerprint density at radius 1 is 1.19 bits per heavy atom. The molecule has 2 nitrogen and oxygen atoms in total. The van der Waals surface area contributed by atoms with Crippen LogP contribution in [0.1, 0.15) is 31.2 Å². The Bertz CT molecular complexity index is 320. The van der Waals surface area contributed by atoms with E-state index in [-0.39, 0.29) is 0 Å². The summed E-state index contributed by atoms with van der Waals surface area (Å²) in [5, 5.41) is 0. The van der Waals surface area contributed by atoms with Crippen LogP contribution in [-0.2, 0) is 6.42 Å². The summed E-state index contributed by atoms with van der Waals surface area (Å²) in [6, 6.07) is 8.77. The van der Waals surface area contributed by atoms with Crippen LogP contribution in [0, 0.1) is 5.92 Å². The summed E-state index contributed by atoms with van der Waals surface area (Å²) in [5.41, 5.74) is 7.54. The van der Waals surface area contributed by atoms with Gasteiger partial charge in [0.2, 0.25) is 0 Å². The van der Waals surface area contributed by atoms with Gasteiger partial charge in [-0.2, -0.15) is 0 Å². The molecule has 0 spiro atoms. The number of methoxy groups -OCH3 is 1. The molecule has 0 aliphatic heterocycles. The van der Waals surface area contributed by atoms with Crippen LogP contribution in [0.3, 0.4) is 0 Å². The molecule has 1 aromatic carbocycles. The minimum Gasteiger partial charge on any atom is -0.497 e. The average molecular weight is 219 g/mol. The first-order chi connectivity index (χ1) is 7.79. The van der Waals surface area contributed by atoms with E-state index in [9.17, 15) is 0 Å². The molecule has 1 aliphatic rings. The van der Waals surface area contributed by atoms with Crippen molar-refractivity contribution >= 4 is 0 Å². The molecular weight excluding hydrogens is 198 g/mol. The molecule has 1 saturated carbocycles. The summed E-state index contributed by atoms with van der Waals surface area (Å²) < 4.78 is 5.16. The van der Waals surface area contributed by atoms with Crippen molar-refractivity contribution in [3.63, 3.8) is 0 Å². The van der Waals surface area contributed by atoms with Crippen LogP contribution < -0.4 is 10.5 Å². The summed E-state index contributed by atoms with van der Waals surface area (Å²) in [5.74, 6) is 1.60. The second-order valence-electron chi connectivity index (χ2n) is 4.76. The zero-order valence-electron chi connectivity index (χ0n) is 9.99. The van der Waals surface area contributed by atoms with Gasteiger partial charge in [0, 0.05) is 6.04 Å². The fraction of sp³-hybridized carbons (Fsp3) is 0.571. The first-order valence-corrected chi connectivity index (χ1v) is 6.18. The minimum atomic E-state index is 0.399. The number of ether oxygens (including phenoxy) is 1. The molecule has 1 fully saturated rings. The van der Waals surface area contributed by atoms with Gasteiger partial charge < -0.3 is 10.5 Å². The highest BCUT2D eigenvalue weighted by molar-refractivity contribution is 5.27. The first kappa shape index (κ1) is 11.5. The molecular formula is C14H21NO. The fourth-order valence-electron chi connectivity index (χ4n) is 2.55. The zero-order valence-corrected chi connectivity index (χ0v) is 9.99. The topological polar surface area (TPSA) is 35.2 Å². The highest BCUT2D eigenvalue weighted by Crippen LogP contribution is 2.26. The maximum atomic E-state index is 6.16. The molecule has 16 heavy (non-hydrogen) atoms. The van der Waals surface area contributed by atoms with E-state index in [2.05, 4.69) is 12.1 Å². The van der Waals surface area contributed by atoms with Gasteiger partial charge in [0.05, 0.1) is 7.11 Å². The van der Waals surface area contributed by atoms with Crippen molar-refractivity contribution in [2.75, 3.05) is 7.11 Å². The van der Waals surface area contributed by atoms with E-state index < -0.39 is 0 Å². The van der Waals surface area contributed by atoms with E-state index >= 15 is 0 Å². The van der Waals surface area contributed by atoms with Crippen LogP contribution >= 0.6 is 0 Å². The van der Waals surface area contributed by atoms with E-state index in [1.807, 2.05) is 12.1 Å². The third-order valence-corrected chi connectivity index (χ3v) is 3.62. The molecule has 1 aromatic rings. The maximum Gasteiger partial charge on any atom is 0.118 e. The maximum absolute atomic E-state index is 6.16. The number of rotatable bonds is 3. The number of hydrogen-bond acceptors (Lipinski definition) is 2. The van der Waals surface area contributed by atoms with E-state index in [0.29, 0.717) is 12.0 Å². The van der Waals surface area contributed by atoms with E-state index in [0.717, 1.165) is 12.2 Å². The van der Waals surface area contributed by atoms with Crippen LogP contribution in [0.15, 0.2) is 24.3 Å².